The van der Waals surface area contributed by atoms with Crippen LogP contribution in [0.3, 0.4) is 0 Å². The van der Waals surface area contributed by atoms with Crippen LogP contribution in [0, 0.1) is 11.3 Å². The van der Waals surface area contributed by atoms with E-state index in [-0.39, 0.29) is 5.91 Å². The summed E-state index contributed by atoms with van der Waals surface area (Å²) < 4.78 is 7.19. The second-order valence-corrected chi connectivity index (χ2v) is 5.84. The lowest BCUT2D eigenvalue weighted by atomic mass is 10.1. The molecule has 0 aliphatic carbocycles. The van der Waals surface area contributed by atoms with Crippen molar-refractivity contribution in [2.24, 2.45) is 0 Å². The van der Waals surface area contributed by atoms with Gasteiger partial charge in [-0.15, -0.1) is 0 Å². The van der Waals surface area contributed by atoms with E-state index in [0.29, 0.717) is 37.6 Å². The molecule has 124 valence electrons. The predicted octanol–water partition coefficient (Wildman–Crippen LogP) is 2.77. The molecule has 0 bridgehead atoms. The Kier molecular flexibility index (Phi) is 4.97. The molecule has 1 fully saturated rings. The summed E-state index contributed by atoms with van der Waals surface area (Å²) in [6.07, 6.45) is 3.78. The third-order valence-electron chi connectivity index (χ3n) is 4.28. The van der Waals surface area contributed by atoms with Crippen LogP contribution >= 0.6 is 0 Å². The Bertz CT molecular complexity index is 767. The molecule has 1 aliphatic heterocycles. The van der Waals surface area contributed by atoms with Crippen molar-refractivity contribution in [3.8, 4) is 11.8 Å². The van der Waals surface area contributed by atoms with E-state index in [4.69, 9.17) is 4.74 Å². The number of aromatic nitrogens is 1. The number of hydrogen-bond donors (Lipinski definition) is 0. The van der Waals surface area contributed by atoms with Crippen molar-refractivity contribution in [1.29, 1.82) is 5.26 Å². The highest BCUT2D eigenvalue weighted by Crippen LogP contribution is 2.23. The quantitative estimate of drug-likeness (QED) is 0.869. The first-order valence-electron chi connectivity index (χ1n) is 8.33. The molecule has 1 saturated heterocycles. The Labute approximate surface area is 142 Å². The molecule has 0 saturated carbocycles. The molecular formula is C19H21N3O2. The summed E-state index contributed by atoms with van der Waals surface area (Å²) in [5, 5.41) is 9.44. The second kappa shape index (κ2) is 7.33. The Morgan fingerprint density at radius 1 is 1.25 bits per heavy atom. The topological polar surface area (TPSA) is 58.3 Å². The molecule has 1 aromatic carbocycles. The highest BCUT2D eigenvalue weighted by atomic mass is 16.5. The summed E-state index contributed by atoms with van der Waals surface area (Å²) in [7, 11) is 0. The highest BCUT2D eigenvalue weighted by molar-refractivity contribution is 5.96. The second-order valence-electron chi connectivity index (χ2n) is 5.84. The lowest BCUT2D eigenvalue weighted by Crippen LogP contribution is -2.41. The average Bonchev–Trinajstić information content (AvgIpc) is 3.06. The van der Waals surface area contributed by atoms with Gasteiger partial charge in [0.05, 0.1) is 18.8 Å². The Morgan fingerprint density at radius 2 is 2.00 bits per heavy atom. The molecule has 1 amide bonds. The van der Waals surface area contributed by atoms with Crippen molar-refractivity contribution >= 4 is 5.91 Å². The number of nitriles is 1. The summed E-state index contributed by atoms with van der Waals surface area (Å²) in [5.41, 5.74) is 3.01. The van der Waals surface area contributed by atoms with E-state index < -0.39 is 0 Å². The Balaban J connectivity index is 2.06. The molecule has 0 unspecified atom stereocenters. The van der Waals surface area contributed by atoms with Crippen molar-refractivity contribution in [2.45, 2.75) is 19.8 Å². The smallest absolute Gasteiger partial charge is 0.272 e. The van der Waals surface area contributed by atoms with Gasteiger partial charge in [-0.1, -0.05) is 31.5 Å². The maximum absolute atomic E-state index is 13.0. The minimum Gasteiger partial charge on any atom is -0.378 e. The number of carbonyl (C=O) groups is 1. The van der Waals surface area contributed by atoms with Gasteiger partial charge in [0.15, 0.2) is 0 Å². The van der Waals surface area contributed by atoms with Gasteiger partial charge in [-0.3, -0.25) is 4.79 Å². The van der Waals surface area contributed by atoms with Gasteiger partial charge in [0.1, 0.15) is 11.8 Å². The van der Waals surface area contributed by atoms with Gasteiger partial charge in [-0.2, -0.15) is 5.26 Å². The number of carbonyl (C=O) groups excluding carboxylic acids is 1. The van der Waals surface area contributed by atoms with E-state index in [1.165, 1.54) is 5.56 Å². The van der Waals surface area contributed by atoms with Crippen LogP contribution in [0.2, 0.25) is 0 Å². The van der Waals surface area contributed by atoms with Gasteiger partial charge in [-0.25, -0.2) is 0 Å². The number of aryl methyl sites for hydroxylation is 1. The van der Waals surface area contributed by atoms with Crippen LogP contribution in [0.1, 0.15) is 35.0 Å². The molecule has 3 rings (SSSR count). The highest BCUT2D eigenvalue weighted by Gasteiger charge is 2.25. The van der Waals surface area contributed by atoms with Crippen LogP contribution in [0.15, 0.2) is 36.5 Å². The maximum atomic E-state index is 13.0. The first kappa shape index (κ1) is 16.3. The lowest BCUT2D eigenvalue weighted by Gasteiger charge is -2.27. The molecule has 5 nitrogen and oxygen atoms in total. The van der Waals surface area contributed by atoms with E-state index >= 15 is 0 Å². The summed E-state index contributed by atoms with van der Waals surface area (Å²) in [6.45, 7) is 4.34. The van der Waals surface area contributed by atoms with Crippen molar-refractivity contribution in [3.63, 3.8) is 0 Å². The molecule has 5 heteroatoms. The number of amides is 1. The fourth-order valence-corrected chi connectivity index (χ4v) is 3.08. The first-order valence-corrected chi connectivity index (χ1v) is 8.33. The van der Waals surface area contributed by atoms with Gasteiger partial charge >= 0.3 is 0 Å². The first-order chi connectivity index (χ1) is 11.8. The summed E-state index contributed by atoms with van der Waals surface area (Å²) in [4.78, 5) is 14.8. The normalized spacial score (nSPS) is 14.4. The van der Waals surface area contributed by atoms with E-state index in [9.17, 15) is 10.1 Å². The molecule has 1 aliphatic rings. The minimum absolute atomic E-state index is 0.105. The fourth-order valence-electron chi connectivity index (χ4n) is 3.08. The lowest BCUT2D eigenvalue weighted by molar-refractivity contribution is 0.0297. The van der Waals surface area contributed by atoms with Gasteiger partial charge in [0.2, 0.25) is 0 Å². The van der Waals surface area contributed by atoms with E-state index in [2.05, 4.69) is 19.1 Å². The van der Waals surface area contributed by atoms with Crippen molar-refractivity contribution in [1.82, 2.24) is 9.47 Å². The Hall–Kier alpha value is -2.58. The minimum atomic E-state index is -0.105. The number of hydrogen-bond acceptors (Lipinski definition) is 3. The van der Waals surface area contributed by atoms with Crippen molar-refractivity contribution in [2.75, 3.05) is 26.3 Å². The number of rotatable bonds is 4. The molecule has 0 atom stereocenters. The molecule has 1 aromatic heterocycles. The van der Waals surface area contributed by atoms with E-state index in [1.807, 2.05) is 29.0 Å². The SMILES string of the molecule is CCCc1ccccc1-n1ccc(C#N)c1C(=O)N1CCOCC1. The van der Waals surface area contributed by atoms with Gasteiger partial charge in [-0.05, 0) is 24.1 Å². The van der Waals surface area contributed by atoms with Gasteiger partial charge < -0.3 is 14.2 Å². The van der Waals surface area contributed by atoms with Crippen LogP contribution in [0.5, 0.6) is 0 Å². The third-order valence-corrected chi connectivity index (χ3v) is 4.28. The number of para-hydroxylation sites is 1. The molecule has 0 N–H and O–H groups in total. The van der Waals surface area contributed by atoms with Crippen LogP contribution in [-0.2, 0) is 11.2 Å². The van der Waals surface area contributed by atoms with Crippen LogP contribution < -0.4 is 0 Å². The Morgan fingerprint density at radius 3 is 2.71 bits per heavy atom. The van der Waals surface area contributed by atoms with Gasteiger partial charge in [0.25, 0.3) is 5.91 Å². The zero-order chi connectivity index (χ0) is 16.9. The van der Waals surface area contributed by atoms with Crippen LogP contribution in [0.4, 0.5) is 0 Å². The third kappa shape index (κ3) is 3.06. The zero-order valence-electron chi connectivity index (χ0n) is 13.9. The zero-order valence-corrected chi connectivity index (χ0v) is 13.9. The van der Waals surface area contributed by atoms with Crippen LogP contribution in [-0.4, -0.2) is 41.7 Å². The molecule has 0 spiro atoms. The van der Waals surface area contributed by atoms with E-state index in [0.717, 1.165) is 18.5 Å². The summed E-state index contributed by atoms with van der Waals surface area (Å²) in [5.74, 6) is -0.105. The molecule has 24 heavy (non-hydrogen) atoms. The number of nitrogens with zero attached hydrogens (tertiary/aromatic N) is 3. The van der Waals surface area contributed by atoms with Crippen molar-refractivity contribution in [3.05, 3.63) is 53.3 Å². The van der Waals surface area contributed by atoms with E-state index in [1.54, 1.807) is 11.0 Å². The maximum Gasteiger partial charge on any atom is 0.272 e. The predicted molar refractivity (Wildman–Crippen MR) is 91.2 cm³/mol. The number of ether oxygens (including phenoxy) is 1. The molecule has 2 heterocycles. The summed E-state index contributed by atoms with van der Waals surface area (Å²) in [6, 6.07) is 11.9. The number of morpholine rings is 1. The monoisotopic (exact) mass is 323 g/mol. The standard InChI is InChI=1S/C19H21N3O2/c1-2-5-15-6-3-4-7-17(15)22-9-8-16(14-20)18(22)19(23)21-10-12-24-13-11-21/h3-4,6-9H,2,5,10-13H2,1H3. The van der Waals surface area contributed by atoms with Gasteiger partial charge in [0, 0.05) is 25.0 Å². The van der Waals surface area contributed by atoms with Crippen LogP contribution in [0.25, 0.3) is 5.69 Å². The summed E-state index contributed by atoms with van der Waals surface area (Å²) >= 11 is 0. The largest absolute Gasteiger partial charge is 0.378 e. The molecule has 0 radical (unpaired) electrons. The average molecular weight is 323 g/mol. The molecular weight excluding hydrogens is 302 g/mol. The van der Waals surface area contributed by atoms with Crippen molar-refractivity contribution < 1.29 is 9.53 Å². The number of benzene rings is 1. The molecule has 2 aromatic rings. The fraction of sp³-hybridized carbons (Fsp3) is 0.368.